The number of fused-ring (bicyclic) bond motifs is 1. The van der Waals surface area contributed by atoms with Crippen LogP contribution < -0.4 is 0 Å². The van der Waals surface area contributed by atoms with E-state index in [1.54, 1.807) is 11.8 Å². The van der Waals surface area contributed by atoms with Crippen LogP contribution in [-0.2, 0) is 6.54 Å². The van der Waals surface area contributed by atoms with Crippen molar-refractivity contribution in [2.45, 2.75) is 23.3 Å². The average Bonchev–Trinajstić information content (AvgIpc) is 2.88. The molecule has 26 heavy (non-hydrogen) atoms. The molecule has 4 aromatic rings. The molecule has 0 spiro atoms. The molecule has 0 aliphatic rings. The predicted octanol–water partition coefficient (Wildman–Crippen LogP) is 7.57. The molecule has 0 radical (unpaired) electrons. The minimum atomic E-state index is 0.767. The van der Waals surface area contributed by atoms with Gasteiger partial charge in [0.25, 0.3) is 0 Å². The minimum absolute atomic E-state index is 0.767. The van der Waals surface area contributed by atoms with Gasteiger partial charge in [0, 0.05) is 36.9 Å². The highest BCUT2D eigenvalue weighted by atomic mass is 79.9. The quantitative estimate of drug-likeness (QED) is 0.315. The van der Waals surface area contributed by atoms with Gasteiger partial charge in [-0.25, -0.2) is 0 Å². The number of rotatable bonds is 4. The van der Waals surface area contributed by atoms with Crippen LogP contribution in [0, 0.1) is 6.92 Å². The fourth-order valence-corrected chi connectivity index (χ4v) is 4.99. The third-order valence-electron chi connectivity index (χ3n) is 4.43. The van der Waals surface area contributed by atoms with E-state index in [2.05, 4.69) is 94.2 Å². The molecule has 1 nitrogen and oxygen atoms in total. The molecule has 1 aromatic heterocycles. The Morgan fingerprint density at radius 1 is 0.962 bits per heavy atom. The summed E-state index contributed by atoms with van der Waals surface area (Å²) in [5.74, 6) is 0. The summed E-state index contributed by atoms with van der Waals surface area (Å²) < 4.78 is 3.45. The van der Waals surface area contributed by atoms with Gasteiger partial charge in [0.2, 0.25) is 0 Å². The van der Waals surface area contributed by atoms with Gasteiger partial charge in [0.1, 0.15) is 0 Å². The molecule has 0 fully saturated rings. The first kappa shape index (κ1) is 17.7. The third kappa shape index (κ3) is 3.57. The Morgan fingerprint density at radius 2 is 1.77 bits per heavy atom. The van der Waals surface area contributed by atoms with E-state index in [0.717, 1.165) is 16.0 Å². The van der Waals surface area contributed by atoms with Crippen molar-refractivity contribution in [1.82, 2.24) is 4.57 Å². The lowest BCUT2D eigenvalue weighted by molar-refractivity contribution is 0.794. The smallest absolute Gasteiger partial charge is 0.0512 e. The molecule has 0 aliphatic carbocycles. The van der Waals surface area contributed by atoms with Crippen molar-refractivity contribution >= 4 is 50.2 Å². The molecule has 0 unspecified atom stereocenters. The van der Waals surface area contributed by atoms with Gasteiger partial charge in [-0.3, -0.25) is 0 Å². The summed E-state index contributed by atoms with van der Waals surface area (Å²) in [6.07, 6.45) is 0. The summed E-state index contributed by atoms with van der Waals surface area (Å²) in [4.78, 5) is 2.50. The Labute approximate surface area is 171 Å². The SMILES string of the molecule is Cc1c(Sc2cccc(Br)c2)c2ccc(Cl)cc2n1Cc1ccccc1. The van der Waals surface area contributed by atoms with Crippen LogP contribution in [0.3, 0.4) is 0 Å². The molecule has 0 saturated heterocycles. The first-order chi connectivity index (χ1) is 12.6. The van der Waals surface area contributed by atoms with Crippen LogP contribution in [0.4, 0.5) is 0 Å². The van der Waals surface area contributed by atoms with Crippen LogP contribution in [0.15, 0.2) is 87.1 Å². The summed E-state index contributed by atoms with van der Waals surface area (Å²) >= 11 is 11.7. The van der Waals surface area contributed by atoms with Gasteiger partial charge < -0.3 is 4.57 Å². The maximum atomic E-state index is 6.31. The van der Waals surface area contributed by atoms with E-state index in [-0.39, 0.29) is 0 Å². The minimum Gasteiger partial charge on any atom is -0.339 e. The van der Waals surface area contributed by atoms with E-state index in [4.69, 9.17) is 11.6 Å². The standard InChI is InChI=1S/C22H17BrClNS/c1-15-22(26-19-9-5-8-17(23)12-19)20-11-10-18(24)13-21(20)25(15)14-16-6-3-2-4-7-16/h2-13H,14H2,1H3. The van der Waals surface area contributed by atoms with E-state index in [0.29, 0.717) is 0 Å². The molecule has 0 amide bonds. The van der Waals surface area contributed by atoms with Crippen molar-refractivity contribution in [3.63, 3.8) is 0 Å². The Morgan fingerprint density at radius 3 is 2.54 bits per heavy atom. The van der Waals surface area contributed by atoms with Crippen LogP contribution in [-0.4, -0.2) is 4.57 Å². The lowest BCUT2D eigenvalue weighted by Gasteiger charge is -2.09. The van der Waals surface area contributed by atoms with Crippen LogP contribution in [0.1, 0.15) is 11.3 Å². The maximum absolute atomic E-state index is 6.31. The first-order valence-electron chi connectivity index (χ1n) is 8.37. The van der Waals surface area contributed by atoms with E-state index in [1.807, 2.05) is 6.07 Å². The van der Waals surface area contributed by atoms with E-state index in [9.17, 15) is 0 Å². The summed E-state index contributed by atoms with van der Waals surface area (Å²) in [7, 11) is 0. The zero-order valence-electron chi connectivity index (χ0n) is 14.2. The van der Waals surface area contributed by atoms with Gasteiger partial charge in [-0.1, -0.05) is 81.8 Å². The first-order valence-corrected chi connectivity index (χ1v) is 10.4. The highest BCUT2D eigenvalue weighted by Gasteiger charge is 2.16. The monoisotopic (exact) mass is 441 g/mol. The van der Waals surface area contributed by atoms with Gasteiger partial charge in [0.05, 0.1) is 5.52 Å². The van der Waals surface area contributed by atoms with Crippen molar-refractivity contribution < 1.29 is 0 Å². The molecule has 0 N–H and O–H groups in total. The number of hydrogen-bond donors (Lipinski definition) is 0. The highest BCUT2D eigenvalue weighted by Crippen LogP contribution is 2.40. The number of halogens is 2. The molecule has 3 aromatic carbocycles. The second-order valence-corrected chi connectivity index (χ2v) is 8.64. The van der Waals surface area contributed by atoms with Crippen LogP contribution in [0.25, 0.3) is 10.9 Å². The van der Waals surface area contributed by atoms with E-state index in [1.165, 1.54) is 32.0 Å². The number of benzene rings is 3. The normalized spacial score (nSPS) is 11.2. The van der Waals surface area contributed by atoms with Crippen molar-refractivity contribution in [3.05, 3.63) is 93.5 Å². The van der Waals surface area contributed by atoms with Crippen LogP contribution >= 0.6 is 39.3 Å². The average molecular weight is 443 g/mol. The molecular weight excluding hydrogens is 426 g/mol. The summed E-state index contributed by atoms with van der Waals surface area (Å²) in [5.41, 5.74) is 3.72. The molecule has 0 atom stereocenters. The second-order valence-electron chi connectivity index (χ2n) is 6.21. The van der Waals surface area contributed by atoms with E-state index >= 15 is 0 Å². The largest absolute Gasteiger partial charge is 0.339 e. The molecule has 0 aliphatic heterocycles. The van der Waals surface area contributed by atoms with Crippen LogP contribution in [0.5, 0.6) is 0 Å². The Hall–Kier alpha value is -1.68. The van der Waals surface area contributed by atoms with Gasteiger partial charge >= 0.3 is 0 Å². The zero-order valence-corrected chi connectivity index (χ0v) is 17.4. The van der Waals surface area contributed by atoms with Gasteiger partial charge in [-0.2, -0.15) is 0 Å². The molecule has 130 valence electrons. The summed E-state index contributed by atoms with van der Waals surface area (Å²) in [6, 6.07) is 25.1. The lowest BCUT2D eigenvalue weighted by atomic mass is 10.2. The summed E-state index contributed by atoms with van der Waals surface area (Å²) in [6.45, 7) is 3.03. The molecule has 4 rings (SSSR count). The van der Waals surface area contributed by atoms with Gasteiger partial charge in [-0.05, 0) is 42.8 Å². The molecular formula is C22H17BrClNS. The maximum Gasteiger partial charge on any atom is 0.0512 e. The Balaban J connectivity index is 1.84. The van der Waals surface area contributed by atoms with Gasteiger partial charge in [0.15, 0.2) is 0 Å². The van der Waals surface area contributed by atoms with Crippen molar-refractivity contribution in [2.75, 3.05) is 0 Å². The fourth-order valence-electron chi connectivity index (χ4n) is 3.17. The fraction of sp³-hybridized carbons (Fsp3) is 0.0909. The number of hydrogen-bond acceptors (Lipinski definition) is 1. The highest BCUT2D eigenvalue weighted by molar-refractivity contribution is 9.10. The second kappa shape index (κ2) is 7.51. The van der Waals surface area contributed by atoms with Gasteiger partial charge in [-0.15, -0.1) is 0 Å². The van der Waals surface area contributed by atoms with Crippen molar-refractivity contribution in [2.24, 2.45) is 0 Å². The predicted molar refractivity (Wildman–Crippen MR) is 115 cm³/mol. The number of nitrogens with zero attached hydrogens (tertiary/aromatic N) is 1. The zero-order chi connectivity index (χ0) is 18.1. The molecule has 0 saturated carbocycles. The Kier molecular flexibility index (Phi) is 5.12. The molecule has 0 bridgehead atoms. The topological polar surface area (TPSA) is 4.93 Å². The number of aromatic nitrogens is 1. The molecule has 1 heterocycles. The van der Waals surface area contributed by atoms with Crippen LogP contribution in [0.2, 0.25) is 5.02 Å². The van der Waals surface area contributed by atoms with Crippen molar-refractivity contribution in [1.29, 1.82) is 0 Å². The third-order valence-corrected chi connectivity index (χ3v) is 6.37. The lowest BCUT2D eigenvalue weighted by Crippen LogP contribution is -2.01. The Bertz CT molecular complexity index is 1070. The van der Waals surface area contributed by atoms with E-state index < -0.39 is 0 Å². The van der Waals surface area contributed by atoms with Crippen molar-refractivity contribution in [3.8, 4) is 0 Å². The summed E-state index contributed by atoms with van der Waals surface area (Å²) in [5, 5.41) is 2.01. The molecule has 4 heteroatoms.